The molecule has 1 aromatic carbocycles. The highest BCUT2D eigenvalue weighted by atomic mass is 19.4. The lowest BCUT2D eigenvalue weighted by atomic mass is 9.83. The molecule has 1 atom stereocenters. The predicted octanol–water partition coefficient (Wildman–Crippen LogP) is 11.9. The summed E-state index contributed by atoms with van der Waals surface area (Å²) in [6, 6.07) is 3.12. The van der Waals surface area contributed by atoms with E-state index in [2.05, 4.69) is 39.6 Å². The Labute approximate surface area is 237 Å². The minimum absolute atomic E-state index is 0.365. The van der Waals surface area contributed by atoms with Gasteiger partial charge in [0.05, 0.1) is 17.8 Å². The third-order valence-electron chi connectivity index (χ3n) is 7.20. The predicted molar refractivity (Wildman–Crippen MR) is 164 cm³/mol. The minimum atomic E-state index is -4.46. The number of aliphatic imine (C=N–C) groups is 1. The van der Waals surface area contributed by atoms with E-state index in [0.717, 1.165) is 49.3 Å². The molecule has 0 bridgehead atoms. The molecule has 224 valence electrons. The summed E-state index contributed by atoms with van der Waals surface area (Å²) < 4.78 is 38.3. The van der Waals surface area contributed by atoms with Crippen LogP contribution in [0.2, 0.25) is 0 Å². The number of aromatic hydroxyl groups is 1. The number of hydrogen-bond acceptors (Lipinski definition) is 2. The second-order valence-corrected chi connectivity index (χ2v) is 10.3. The van der Waals surface area contributed by atoms with Gasteiger partial charge in [-0.3, -0.25) is 4.99 Å². The first kappa shape index (κ1) is 37.0. The van der Waals surface area contributed by atoms with E-state index in [1.807, 2.05) is 26.8 Å². The van der Waals surface area contributed by atoms with Crippen molar-refractivity contribution in [1.29, 1.82) is 0 Å². The van der Waals surface area contributed by atoms with Crippen LogP contribution in [0.1, 0.15) is 144 Å². The van der Waals surface area contributed by atoms with Crippen LogP contribution in [0, 0.1) is 5.92 Å². The second-order valence-electron chi connectivity index (χ2n) is 10.3. The number of allylic oxidation sites excluding steroid dienone is 3. The molecule has 1 aliphatic carbocycles. The lowest BCUT2D eigenvalue weighted by Gasteiger charge is -2.22. The van der Waals surface area contributed by atoms with Crippen molar-refractivity contribution in [2.75, 3.05) is 6.54 Å². The molecule has 5 heteroatoms. The molecule has 1 unspecified atom stereocenters. The number of alkyl halides is 3. The maximum Gasteiger partial charge on any atom is 0.416 e. The summed E-state index contributed by atoms with van der Waals surface area (Å²) in [4.78, 5) is 4.52. The molecule has 1 N–H and O–H groups in total. The summed E-state index contributed by atoms with van der Waals surface area (Å²) >= 11 is 0. The number of unbranched alkanes of at least 4 members (excludes halogenated alkanes) is 4. The fraction of sp³-hybridized carbons (Fsp3) is 0.676. The van der Waals surface area contributed by atoms with Crippen LogP contribution in [0.5, 0.6) is 5.75 Å². The monoisotopic (exact) mass is 551 g/mol. The molecule has 0 saturated heterocycles. The molecule has 2 aliphatic rings. The lowest BCUT2D eigenvalue weighted by Crippen LogP contribution is -2.13. The lowest BCUT2D eigenvalue weighted by molar-refractivity contribution is -0.137. The second kappa shape index (κ2) is 20.8. The van der Waals surface area contributed by atoms with Gasteiger partial charge in [-0.25, -0.2) is 0 Å². The molecular weight excluding hydrogens is 495 g/mol. The van der Waals surface area contributed by atoms with Gasteiger partial charge in [0, 0.05) is 5.56 Å². The average Bonchev–Trinajstić information content (AvgIpc) is 3.10. The summed E-state index contributed by atoms with van der Waals surface area (Å²) in [6.45, 7) is 17.8. The number of hydrogen-bond donors (Lipinski definition) is 1. The van der Waals surface area contributed by atoms with Crippen LogP contribution in [0.3, 0.4) is 0 Å². The molecule has 0 aromatic heterocycles. The highest BCUT2D eigenvalue weighted by Gasteiger charge is 2.32. The highest BCUT2D eigenvalue weighted by Crippen LogP contribution is 2.37. The molecule has 1 aromatic rings. The van der Waals surface area contributed by atoms with Gasteiger partial charge in [-0.2, -0.15) is 13.2 Å². The molecule has 0 radical (unpaired) electrons. The first-order valence-electron chi connectivity index (χ1n) is 15.4. The van der Waals surface area contributed by atoms with Crippen LogP contribution in [0.15, 0.2) is 46.0 Å². The molecule has 39 heavy (non-hydrogen) atoms. The Kier molecular flexibility index (Phi) is 19.7. The van der Waals surface area contributed by atoms with Gasteiger partial charge in [0.15, 0.2) is 0 Å². The number of nitrogens with zero attached hydrogens (tertiary/aromatic N) is 1. The number of rotatable bonds is 8. The molecule has 1 aliphatic heterocycles. The van der Waals surface area contributed by atoms with E-state index in [-0.39, 0.29) is 5.75 Å². The van der Waals surface area contributed by atoms with Gasteiger partial charge in [0.25, 0.3) is 0 Å². The Morgan fingerprint density at radius 3 is 2.03 bits per heavy atom. The maximum absolute atomic E-state index is 12.8. The van der Waals surface area contributed by atoms with Gasteiger partial charge in [-0.1, -0.05) is 106 Å². The smallest absolute Gasteiger partial charge is 0.416 e. The van der Waals surface area contributed by atoms with Crippen molar-refractivity contribution in [3.63, 3.8) is 0 Å². The van der Waals surface area contributed by atoms with Crippen molar-refractivity contribution in [3.05, 3.63) is 52.1 Å². The van der Waals surface area contributed by atoms with Gasteiger partial charge >= 0.3 is 6.18 Å². The number of benzene rings is 1. The fourth-order valence-corrected chi connectivity index (χ4v) is 4.37. The van der Waals surface area contributed by atoms with Crippen LogP contribution < -0.4 is 0 Å². The van der Waals surface area contributed by atoms with Gasteiger partial charge in [0.1, 0.15) is 5.75 Å². The normalized spacial score (nSPS) is 15.6. The molecule has 3 rings (SSSR count). The van der Waals surface area contributed by atoms with E-state index in [1.54, 1.807) is 0 Å². The summed E-state index contributed by atoms with van der Waals surface area (Å²) in [5.74, 6) is 0.590. The summed E-state index contributed by atoms with van der Waals surface area (Å²) in [5, 5.41) is 10.1. The Morgan fingerprint density at radius 2 is 1.51 bits per heavy atom. The molecule has 0 fully saturated rings. The van der Waals surface area contributed by atoms with E-state index in [4.69, 9.17) is 0 Å². The van der Waals surface area contributed by atoms with Gasteiger partial charge in [0.2, 0.25) is 0 Å². The van der Waals surface area contributed by atoms with Crippen LogP contribution in [-0.4, -0.2) is 17.4 Å². The van der Waals surface area contributed by atoms with Gasteiger partial charge in [-0.15, -0.1) is 0 Å². The topological polar surface area (TPSA) is 32.6 Å². The zero-order valence-electron chi connectivity index (χ0n) is 26.1. The fourth-order valence-electron chi connectivity index (χ4n) is 4.37. The molecule has 0 saturated carbocycles. The number of phenols is 1. The zero-order chi connectivity index (χ0) is 29.8. The van der Waals surface area contributed by atoms with E-state index < -0.39 is 11.7 Å². The van der Waals surface area contributed by atoms with Crippen molar-refractivity contribution in [2.24, 2.45) is 10.9 Å². The molecule has 2 nitrogen and oxygen atoms in total. The third kappa shape index (κ3) is 13.7. The molecular formula is C34H56F3NO. The zero-order valence-corrected chi connectivity index (χ0v) is 26.1. The Hall–Kier alpha value is -2.04. The van der Waals surface area contributed by atoms with E-state index in [0.29, 0.717) is 17.8 Å². The Bertz CT molecular complexity index is 894. The largest absolute Gasteiger partial charge is 0.507 e. The standard InChI is InChI=1S/C18H18F3NO.C10H22.C4H10.C2H6/c1-11-8-9-22-17(14-5-3-2-4-13(11)14)15-7-6-12(10-16(15)23)18(19,20)21;1-4-6-7-8-9-10(3)5-2;1-3-4-2;1-2/h6-8,10,23H,2-5,9H2,1H3;10H,4-9H2,1-3H3;3-4H2,1-2H3;1-2H3. The van der Waals surface area contributed by atoms with Gasteiger partial charge < -0.3 is 5.11 Å². The third-order valence-corrected chi connectivity index (χ3v) is 7.20. The van der Waals surface area contributed by atoms with Crippen LogP contribution in [-0.2, 0) is 6.18 Å². The van der Waals surface area contributed by atoms with Crippen molar-refractivity contribution in [1.82, 2.24) is 0 Å². The van der Waals surface area contributed by atoms with Crippen LogP contribution >= 0.6 is 0 Å². The molecule has 0 spiro atoms. The van der Waals surface area contributed by atoms with Crippen LogP contribution in [0.25, 0.3) is 0 Å². The summed E-state index contributed by atoms with van der Waals surface area (Å²) in [6.07, 6.45) is 12.6. The van der Waals surface area contributed by atoms with Crippen molar-refractivity contribution < 1.29 is 18.3 Å². The SMILES string of the molecule is CC.CC1=CCN=C(c2ccc(C(F)(F)F)cc2O)C2=C1CCCC2.CCCC.CCCCCCC(C)CC. The first-order valence-corrected chi connectivity index (χ1v) is 15.4. The van der Waals surface area contributed by atoms with Crippen LogP contribution in [0.4, 0.5) is 13.2 Å². The van der Waals surface area contributed by atoms with E-state index in [9.17, 15) is 18.3 Å². The Balaban J connectivity index is 0.000000755. The molecule has 0 amide bonds. The quantitative estimate of drug-likeness (QED) is 0.320. The van der Waals surface area contributed by atoms with E-state index in [1.165, 1.54) is 68.6 Å². The van der Waals surface area contributed by atoms with Crippen molar-refractivity contribution in [3.8, 4) is 5.75 Å². The van der Waals surface area contributed by atoms with Crippen molar-refractivity contribution >= 4 is 5.71 Å². The average molecular weight is 552 g/mol. The number of phenolic OH excluding ortho intramolecular Hbond substituents is 1. The van der Waals surface area contributed by atoms with Gasteiger partial charge in [-0.05, 0) is 73.4 Å². The minimum Gasteiger partial charge on any atom is -0.507 e. The van der Waals surface area contributed by atoms with E-state index >= 15 is 0 Å². The maximum atomic E-state index is 12.8. The van der Waals surface area contributed by atoms with Crippen molar-refractivity contribution in [2.45, 2.75) is 139 Å². The molecule has 1 heterocycles. The first-order chi connectivity index (χ1) is 18.6. The summed E-state index contributed by atoms with van der Waals surface area (Å²) in [5.41, 5.74) is 3.66. The number of halogens is 3. The Morgan fingerprint density at radius 1 is 0.897 bits per heavy atom. The highest BCUT2D eigenvalue weighted by molar-refractivity contribution is 6.15. The summed E-state index contributed by atoms with van der Waals surface area (Å²) in [7, 11) is 0.